The van der Waals surface area contributed by atoms with Gasteiger partial charge in [-0.25, -0.2) is 0 Å². The number of nitrogens with one attached hydrogen (secondary N) is 1. The van der Waals surface area contributed by atoms with Gasteiger partial charge in [0.25, 0.3) is 17.7 Å². The number of rotatable bonds is 9. The van der Waals surface area contributed by atoms with Crippen molar-refractivity contribution in [2.45, 2.75) is 13.8 Å². The van der Waals surface area contributed by atoms with Gasteiger partial charge in [0.05, 0.1) is 7.11 Å². The number of ether oxygens (including phenoxy) is 2. The molecule has 2 aromatic carbocycles. The van der Waals surface area contributed by atoms with E-state index in [4.69, 9.17) is 15.2 Å². The average molecular weight is 399 g/mol. The minimum Gasteiger partial charge on any atom is -0.493 e. The van der Waals surface area contributed by atoms with Gasteiger partial charge in [0.2, 0.25) is 0 Å². The van der Waals surface area contributed by atoms with E-state index in [0.717, 1.165) is 0 Å². The quantitative estimate of drug-likeness (QED) is 0.672. The maximum absolute atomic E-state index is 12.5. The molecule has 0 radical (unpaired) electrons. The van der Waals surface area contributed by atoms with Gasteiger partial charge in [0.15, 0.2) is 18.1 Å². The second kappa shape index (κ2) is 10.1. The van der Waals surface area contributed by atoms with E-state index in [9.17, 15) is 14.4 Å². The van der Waals surface area contributed by atoms with Crippen LogP contribution >= 0.6 is 0 Å². The Labute approximate surface area is 169 Å². The molecule has 0 saturated carbocycles. The zero-order chi connectivity index (χ0) is 21.4. The van der Waals surface area contributed by atoms with E-state index in [0.29, 0.717) is 41.4 Å². The zero-order valence-electron chi connectivity index (χ0n) is 16.7. The van der Waals surface area contributed by atoms with Gasteiger partial charge in [0.1, 0.15) is 0 Å². The molecule has 154 valence electrons. The highest BCUT2D eigenvalue weighted by Gasteiger charge is 2.14. The fraction of sp³-hybridized carbons (Fsp3) is 0.286. The van der Waals surface area contributed by atoms with Gasteiger partial charge in [0, 0.05) is 29.9 Å². The van der Waals surface area contributed by atoms with Gasteiger partial charge < -0.3 is 25.4 Å². The summed E-state index contributed by atoms with van der Waals surface area (Å²) in [5.74, 6) is -0.408. The zero-order valence-corrected chi connectivity index (χ0v) is 16.7. The molecule has 0 spiro atoms. The van der Waals surface area contributed by atoms with Gasteiger partial charge >= 0.3 is 0 Å². The van der Waals surface area contributed by atoms with Crippen LogP contribution in [0.1, 0.15) is 34.6 Å². The molecule has 0 unspecified atom stereocenters. The van der Waals surface area contributed by atoms with E-state index < -0.39 is 5.91 Å². The summed E-state index contributed by atoms with van der Waals surface area (Å²) >= 11 is 0. The van der Waals surface area contributed by atoms with Crippen LogP contribution in [0.2, 0.25) is 0 Å². The standard InChI is InChI=1S/C21H25N3O5/c1-4-24(5-2)21(27)14-6-9-16(10-7-14)23-20(26)15-8-11-17(18(12-15)28-3)29-13-19(22)25/h6-12H,4-5,13H2,1-3H3,(H2,22,25)(H,23,26). The third-order valence-electron chi connectivity index (χ3n) is 4.24. The van der Waals surface area contributed by atoms with Gasteiger partial charge in [-0.3, -0.25) is 14.4 Å². The van der Waals surface area contributed by atoms with Crippen LogP contribution in [0, 0.1) is 0 Å². The number of primary amides is 1. The molecule has 0 bridgehead atoms. The highest BCUT2D eigenvalue weighted by atomic mass is 16.5. The number of benzene rings is 2. The third-order valence-corrected chi connectivity index (χ3v) is 4.24. The maximum atomic E-state index is 12.5. The molecule has 8 heteroatoms. The van der Waals surface area contributed by atoms with E-state index in [-0.39, 0.29) is 18.4 Å². The summed E-state index contributed by atoms with van der Waals surface area (Å²) in [5, 5.41) is 2.77. The molecule has 0 aliphatic rings. The molecule has 0 aromatic heterocycles. The summed E-state index contributed by atoms with van der Waals surface area (Å²) in [6.07, 6.45) is 0. The Morgan fingerprint density at radius 3 is 2.14 bits per heavy atom. The molecule has 0 saturated heterocycles. The first-order valence-corrected chi connectivity index (χ1v) is 9.19. The van der Waals surface area contributed by atoms with Crippen LogP contribution < -0.4 is 20.5 Å². The van der Waals surface area contributed by atoms with Crippen molar-refractivity contribution in [1.29, 1.82) is 0 Å². The van der Waals surface area contributed by atoms with Crippen LogP contribution in [0.25, 0.3) is 0 Å². The molecule has 29 heavy (non-hydrogen) atoms. The molecular weight excluding hydrogens is 374 g/mol. The van der Waals surface area contributed by atoms with Crippen LogP contribution in [0.5, 0.6) is 11.5 Å². The average Bonchev–Trinajstić information content (AvgIpc) is 2.73. The number of hydrogen-bond acceptors (Lipinski definition) is 5. The predicted octanol–water partition coefficient (Wildman–Crippen LogP) is 2.29. The largest absolute Gasteiger partial charge is 0.493 e. The molecule has 0 aliphatic heterocycles. The molecule has 0 heterocycles. The van der Waals surface area contributed by atoms with E-state index in [1.165, 1.54) is 19.2 Å². The molecular formula is C21H25N3O5. The Morgan fingerprint density at radius 1 is 0.966 bits per heavy atom. The van der Waals surface area contributed by atoms with Crippen molar-refractivity contribution in [3.63, 3.8) is 0 Å². The first kappa shape index (κ1) is 21.7. The summed E-state index contributed by atoms with van der Waals surface area (Å²) in [6.45, 7) is 4.83. The maximum Gasteiger partial charge on any atom is 0.255 e. The number of carbonyl (C=O) groups excluding carboxylic acids is 3. The Hall–Kier alpha value is -3.55. The van der Waals surface area contributed by atoms with Crippen LogP contribution in [0.4, 0.5) is 5.69 Å². The molecule has 3 N–H and O–H groups in total. The van der Waals surface area contributed by atoms with Gasteiger partial charge in [-0.05, 0) is 56.3 Å². The molecule has 0 fully saturated rings. The number of anilines is 1. The molecule has 0 atom stereocenters. The van der Waals surface area contributed by atoms with E-state index in [1.807, 2.05) is 13.8 Å². The number of methoxy groups -OCH3 is 1. The van der Waals surface area contributed by atoms with Crippen LogP contribution in [-0.2, 0) is 4.79 Å². The second-order valence-corrected chi connectivity index (χ2v) is 6.13. The lowest BCUT2D eigenvalue weighted by molar-refractivity contribution is -0.119. The lowest BCUT2D eigenvalue weighted by atomic mass is 10.1. The number of nitrogens with zero attached hydrogens (tertiary/aromatic N) is 1. The molecule has 2 rings (SSSR count). The first-order chi connectivity index (χ1) is 13.9. The second-order valence-electron chi connectivity index (χ2n) is 6.13. The summed E-state index contributed by atoms with van der Waals surface area (Å²) < 4.78 is 10.5. The fourth-order valence-corrected chi connectivity index (χ4v) is 2.67. The van der Waals surface area contributed by atoms with Crippen molar-refractivity contribution in [2.24, 2.45) is 5.73 Å². The van der Waals surface area contributed by atoms with Crippen molar-refractivity contribution in [1.82, 2.24) is 4.90 Å². The Kier molecular flexibility index (Phi) is 7.59. The van der Waals surface area contributed by atoms with Crippen molar-refractivity contribution < 1.29 is 23.9 Å². The summed E-state index contributed by atoms with van der Waals surface area (Å²) in [4.78, 5) is 37.4. The predicted molar refractivity (Wildman–Crippen MR) is 109 cm³/mol. The number of nitrogens with two attached hydrogens (primary N) is 1. The molecule has 0 aliphatic carbocycles. The molecule has 2 aromatic rings. The topological polar surface area (TPSA) is 111 Å². The smallest absolute Gasteiger partial charge is 0.255 e. The highest BCUT2D eigenvalue weighted by molar-refractivity contribution is 6.05. The minimum absolute atomic E-state index is 0.0517. The summed E-state index contributed by atoms with van der Waals surface area (Å²) in [6, 6.07) is 11.3. The van der Waals surface area contributed by atoms with Crippen molar-refractivity contribution in [2.75, 3.05) is 32.1 Å². The number of carbonyl (C=O) groups is 3. The monoisotopic (exact) mass is 399 g/mol. The highest BCUT2D eigenvalue weighted by Crippen LogP contribution is 2.28. The fourth-order valence-electron chi connectivity index (χ4n) is 2.67. The molecule has 3 amide bonds. The van der Waals surface area contributed by atoms with E-state index in [1.54, 1.807) is 35.2 Å². The van der Waals surface area contributed by atoms with Crippen LogP contribution in [-0.4, -0.2) is 49.4 Å². The first-order valence-electron chi connectivity index (χ1n) is 9.19. The van der Waals surface area contributed by atoms with Crippen molar-refractivity contribution >= 4 is 23.4 Å². The third kappa shape index (κ3) is 5.71. The normalized spacial score (nSPS) is 10.2. The Morgan fingerprint density at radius 2 is 1.59 bits per heavy atom. The lowest BCUT2D eigenvalue weighted by Gasteiger charge is -2.18. The van der Waals surface area contributed by atoms with Gasteiger partial charge in [-0.1, -0.05) is 0 Å². The Balaban J connectivity index is 2.09. The molecule has 8 nitrogen and oxygen atoms in total. The van der Waals surface area contributed by atoms with Crippen LogP contribution in [0.3, 0.4) is 0 Å². The van der Waals surface area contributed by atoms with Gasteiger partial charge in [-0.15, -0.1) is 0 Å². The minimum atomic E-state index is -0.614. The number of amides is 3. The van der Waals surface area contributed by atoms with Gasteiger partial charge in [-0.2, -0.15) is 0 Å². The number of hydrogen-bond donors (Lipinski definition) is 2. The lowest BCUT2D eigenvalue weighted by Crippen LogP contribution is -2.30. The summed E-state index contributed by atoms with van der Waals surface area (Å²) in [7, 11) is 1.43. The van der Waals surface area contributed by atoms with Crippen molar-refractivity contribution in [3.05, 3.63) is 53.6 Å². The van der Waals surface area contributed by atoms with E-state index >= 15 is 0 Å². The van der Waals surface area contributed by atoms with E-state index in [2.05, 4.69) is 5.32 Å². The SMILES string of the molecule is CCN(CC)C(=O)c1ccc(NC(=O)c2ccc(OCC(N)=O)c(OC)c2)cc1. The van der Waals surface area contributed by atoms with Crippen molar-refractivity contribution in [3.8, 4) is 11.5 Å². The Bertz CT molecular complexity index is 876. The summed E-state index contributed by atoms with van der Waals surface area (Å²) in [5.41, 5.74) is 6.52. The van der Waals surface area contributed by atoms with Crippen LogP contribution in [0.15, 0.2) is 42.5 Å².